The van der Waals surface area contributed by atoms with E-state index in [0.717, 1.165) is 0 Å². The van der Waals surface area contributed by atoms with Gasteiger partial charge in [-0.05, 0) is 39.8 Å². The van der Waals surface area contributed by atoms with Crippen LogP contribution in [0, 0.1) is 21.4 Å². The first-order valence-corrected chi connectivity index (χ1v) is 6.42. The van der Waals surface area contributed by atoms with Crippen LogP contribution in [-0.2, 0) is 4.79 Å². The van der Waals surface area contributed by atoms with Crippen molar-refractivity contribution in [1.82, 2.24) is 5.32 Å². The fourth-order valence-electron chi connectivity index (χ4n) is 1.72. The van der Waals surface area contributed by atoms with Gasteiger partial charge in [-0.15, -0.1) is 0 Å². The zero-order valence-corrected chi connectivity index (χ0v) is 12.4. The molecule has 1 rings (SSSR count). The van der Waals surface area contributed by atoms with Crippen molar-refractivity contribution in [2.75, 3.05) is 5.32 Å². The fourth-order valence-corrected chi connectivity index (χ4v) is 1.72. The molecule has 0 heterocycles. The molecule has 0 spiro atoms. The monoisotopic (exact) mass is 290 g/mol. The maximum Gasteiger partial charge on any atom is 0.309 e. The number of nitriles is 1. The van der Waals surface area contributed by atoms with Gasteiger partial charge in [-0.25, -0.2) is 0 Å². The summed E-state index contributed by atoms with van der Waals surface area (Å²) in [5, 5.41) is 25.6. The number of benzene rings is 1. The summed E-state index contributed by atoms with van der Waals surface area (Å²) < 4.78 is 0. The van der Waals surface area contributed by atoms with Gasteiger partial charge < -0.3 is 10.6 Å². The van der Waals surface area contributed by atoms with Crippen LogP contribution < -0.4 is 10.6 Å². The average molecular weight is 290 g/mol. The SMILES string of the molecule is CC(Nc1cccc(C#N)c1[N+](=O)[O-])C(=O)NC(C)(C)C. The quantitative estimate of drug-likeness (QED) is 0.652. The van der Waals surface area contributed by atoms with Crippen LogP contribution >= 0.6 is 0 Å². The minimum Gasteiger partial charge on any atom is -0.368 e. The van der Waals surface area contributed by atoms with Gasteiger partial charge >= 0.3 is 5.69 Å². The molecule has 1 aromatic carbocycles. The van der Waals surface area contributed by atoms with Gasteiger partial charge in [-0.3, -0.25) is 14.9 Å². The van der Waals surface area contributed by atoms with Crippen LogP contribution in [0.5, 0.6) is 0 Å². The van der Waals surface area contributed by atoms with Gasteiger partial charge in [0.1, 0.15) is 23.4 Å². The van der Waals surface area contributed by atoms with Crippen molar-refractivity contribution in [1.29, 1.82) is 5.26 Å². The number of nitro benzene ring substituents is 1. The van der Waals surface area contributed by atoms with Crippen LogP contribution in [0.4, 0.5) is 11.4 Å². The van der Waals surface area contributed by atoms with Gasteiger partial charge in [0.25, 0.3) is 0 Å². The number of carbonyl (C=O) groups excluding carboxylic acids is 1. The predicted molar refractivity (Wildman–Crippen MR) is 78.8 cm³/mol. The molecule has 1 atom stereocenters. The Balaban J connectivity index is 3.01. The molecule has 21 heavy (non-hydrogen) atoms. The molecule has 1 unspecified atom stereocenters. The molecular weight excluding hydrogens is 272 g/mol. The number of nitro groups is 1. The van der Waals surface area contributed by atoms with Crippen LogP contribution in [0.15, 0.2) is 18.2 Å². The van der Waals surface area contributed by atoms with Crippen molar-refractivity contribution in [3.05, 3.63) is 33.9 Å². The smallest absolute Gasteiger partial charge is 0.309 e. The third-order valence-corrected chi connectivity index (χ3v) is 2.60. The van der Waals surface area contributed by atoms with Crippen molar-refractivity contribution in [3.63, 3.8) is 0 Å². The number of para-hydroxylation sites is 1. The summed E-state index contributed by atoms with van der Waals surface area (Å²) >= 11 is 0. The topological polar surface area (TPSA) is 108 Å². The molecule has 0 aromatic heterocycles. The van der Waals surface area contributed by atoms with Crippen LogP contribution in [-0.4, -0.2) is 22.4 Å². The molecule has 0 radical (unpaired) electrons. The highest BCUT2D eigenvalue weighted by Gasteiger charge is 2.24. The third kappa shape index (κ3) is 4.45. The molecule has 0 aliphatic carbocycles. The summed E-state index contributed by atoms with van der Waals surface area (Å²) in [6, 6.07) is 5.47. The van der Waals surface area contributed by atoms with E-state index in [2.05, 4.69) is 10.6 Å². The molecule has 2 N–H and O–H groups in total. The summed E-state index contributed by atoms with van der Waals surface area (Å²) in [7, 11) is 0. The van der Waals surface area contributed by atoms with E-state index in [1.807, 2.05) is 20.8 Å². The largest absolute Gasteiger partial charge is 0.368 e. The fraction of sp³-hybridized carbons (Fsp3) is 0.429. The number of nitrogens with zero attached hydrogens (tertiary/aromatic N) is 2. The number of hydrogen-bond donors (Lipinski definition) is 2. The molecule has 0 aliphatic heterocycles. The van der Waals surface area contributed by atoms with E-state index >= 15 is 0 Å². The normalized spacial score (nSPS) is 12.1. The van der Waals surface area contributed by atoms with E-state index in [9.17, 15) is 14.9 Å². The van der Waals surface area contributed by atoms with Crippen molar-refractivity contribution in [3.8, 4) is 6.07 Å². The Morgan fingerprint density at radius 2 is 2.05 bits per heavy atom. The Bertz CT molecular complexity index is 599. The molecule has 0 aliphatic rings. The van der Waals surface area contributed by atoms with E-state index in [-0.39, 0.29) is 22.8 Å². The van der Waals surface area contributed by atoms with E-state index in [1.165, 1.54) is 18.2 Å². The van der Waals surface area contributed by atoms with Crippen LogP contribution in [0.2, 0.25) is 0 Å². The molecule has 7 heteroatoms. The highest BCUT2D eigenvalue weighted by atomic mass is 16.6. The molecule has 0 fully saturated rings. The zero-order chi connectivity index (χ0) is 16.2. The Morgan fingerprint density at radius 1 is 1.43 bits per heavy atom. The van der Waals surface area contributed by atoms with Gasteiger partial charge in [0.15, 0.2) is 0 Å². The molecule has 0 saturated heterocycles. The van der Waals surface area contributed by atoms with Gasteiger partial charge in [-0.2, -0.15) is 5.26 Å². The Labute approximate surface area is 123 Å². The standard InChI is InChI=1S/C14H18N4O3/c1-9(13(19)17-14(2,3)4)16-11-7-5-6-10(8-15)12(11)18(20)21/h5-7,9,16H,1-4H3,(H,17,19). The number of rotatable bonds is 4. The third-order valence-electron chi connectivity index (χ3n) is 2.60. The molecule has 1 amide bonds. The molecule has 1 aromatic rings. The van der Waals surface area contributed by atoms with Crippen molar-refractivity contribution in [2.24, 2.45) is 0 Å². The summed E-state index contributed by atoms with van der Waals surface area (Å²) in [6.07, 6.45) is 0. The second-order valence-corrected chi connectivity index (χ2v) is 5.68. The Kier molecular flexibility index (Phi) is 4.87. The number of hydrogen-bond acceptors (Lipinski definition) is 5. The maximum absolute atomic E-state index is 12.0. The molecular formula is C14H18N4O3. The minimum absolute atomic E-state index is 0.0478. The molecule has 7 nitrogen and oxygen atoms in total. The average Bonchev–Trinajstić information content (AvgIpc) is 2.35. The lowest BCUT2D eigenvalue weighted by molar-refractivity contribution is -0.384. The van der Waals surface area contributed by atoms with Crippen LogP contribution in [0.3, 0.4) is 0 Å². The van der Waals surface area contributed by atoms with Crippen molar-refractivity contribution >= 4 is 17.3 Å². The molecule has 0 saturated carbocycles. The first-order chi connectivity index (χ1) is 9.65. The van der Waals surface area contributed by atoms with Crippen molar-refractivity contribution in [2.45, 2.75) is 39.3 Å². The zero-order valence-electron chi connectivity index (χ0n) is 12.4. The lowest BCUT2D eigenvalue weighted by Crippen LogP contribution is -2.47. The highest BCUT2D eigenvalue weighted by molar-refractivity contribution is 5.86. The van der Waals surface area contributed by atoms with Crippen LogP contribution in [0.1, 0.15) is 33.3 Å². The Morgan fingerprint density at radius 3 is 2.52 bits per heavy atom. The summed E-state index contributed by atoms with van der Waals surface area (Å²) in [4.78, 5) is 22.5. The van der Waals surface area contributed by atoms with Crippen molar-refractivity contribution < 1.29 is 9.72 Å². The number of nitrogens with one attached hydrogen (secondary N) is 2. The van der Waals surface area contributed by atoms with Gasteiger partial charge in [0.2, 0.25) is 5.91 Å². The maximum atomic E-state index is 12.0. The second-order valence-electron chi connectivity index (χ2n) is 5.68. The van der Waals surface area contributed by atoms with Crippen LogP contribution in [0.25, 0.3) is 0 Å². The first-order valence-electron chi connectivity index (χ1n) is 6.42. The van der Waals surface area contributed by atoms with E-state index in [0.29, 0.717) is 0 Å². The van der Waals surface area contributed by atoms with Gasteiger partial charge in [0.05, 0.1) is 4.92 Å². The summed E-state index contributed by atoms with van der Waals surface area (Å²) in [5.41, 5.74) is -0.618. The number of anilines is 1. The molecule has 112 valence electrons. The number of carbonyl (C=O) groups is 1. The first kappa shape index (κ1) is 16.4. The lowest BCUT2D eigenvalue weighted by atomic mass is 10.1. The summed E-state index contributed by atoms with van der Waals surface area (Å²) in [5.74, 6) is -0.279. The second kappa shape index (κ2) is 6.22. The van der Waals surface area contributed by atoms with Gasteiger partial charge in [-0.1, -0.05) is 6.07 Å². The predicted octanol–water partition coefficient (Wildman–Crippen LogP) is 2.18. The molecule has 0 bridgehead atoms. The summed E-state index contributed by atoms with van der Waals surface area (Å²) in [6.45, 7) is 7.13. The minimum atomic E-state index is -0.670. The van der Waals surface area contributed by atoms with Gasteiger partial charge in [0, 0.05) is 5.54 Å². The van der Waals surface area contributed by atoms with E-state index < -0.39 is 16.5 Å². The van der Waals surface area contributed by atoms with E-state index in [4.69, 9.17) is 5.26 Å². The lowest BCUT2D eigenvalue weighted by Gasteiger charge is -2.24. The number of amides is 1. The Hall–Kier alpha value is -2.62. The highest BCUT2D eigenvalue weighted by Crippen LogP contribution is 2.28. The van der Waals surface area contributed by atoms with E-state index in [1.54, 1.807) is 13.0 Å².